The highest BCUT2D eigenvalue weighted by Gasteiger charge is 2.52. The van der Waals surface area contributed by atoms with Crippen molar-refractivity contribution >= 4 is 5.91 Å². The van der Waals surface area contributed by atoms with E-state index < -0.39 is 84.9 Å². The minimum absolute atomic E-state index is 0.00182. The summed E-state index contributed by atoms with van der Waals surface area (Å²) >= 11 is 0. The number of aliphatic hydroxyl groups excluding tert-OH is 4. The molecule has 2 saturated heterocycles. The van der Waals surface area contributed by atoms with Crippen molar-refractivity contribution < 1.29 is 49.3 Å². The van der Waals surface area contributed by atoms with Gasteiger partial charge in [-0.15, -0.1) is 0 Å². The van der Waals surface area contributed by atoms with Gasteiger partial charge in [-0.25, -0.2) is 0 Å². The van der Waals surface area contributed by atoms with Crippen molar-refractivity contribution in [3.63, 3.8) is 0 Å². The van der Waals surface area contributed by atoms with Gasteiger partial charge in [0.05, 0.1) is 30.8 Å². The van der Waals surface area contributed by atoms with E-state index in [1.165, 1.54) is 6.92 Å². The molecule has 3 aliphatic rings. The van der Waals surface area contributed by atoms with Crippen molar-refractivity contribution in [2.75, 3.05) is 26.7 Å². The Bertz CT molecular complexity index is 798. The van der Waals surface area contributed by atoms with E-state index in [-0.39, 0.29) is 32.2 Å². The van der Waals surface area contributed by atoms with Gasteiger partial charge < -0.3 is 78.0 Å². The molecular formula is C23H46N6O10. The maximum absolute atomic E-state index is 12.7. The Kier molecular flexibility index (Phi) is 11.4. The summed E-state index contributed by atoms with van der Waals surface area (Å²) in [6.07, 6.45) is -9.86. The van der Waals surface area contributed by atoms with Gasteiger partial charge in [-0.2, -0.15) is 0 Å². The van der Waals surface area contributed by atoms with Crippen LogP contribution in [0.15, 0.2) is 0 Å². The van der Waals surface area contributed by atoms with Crippen LogP contribution in [0.4, 0.5) is 0 Å². The average molecular weight is 567 g/mol. The summed E-state index contributed by atoms with van der Waals surface area (Å²) in [6.45, 7) is 1.18. The van der Waals surface area contributed by atoms with Gasteiger partial charge in [-0.1, -0.05) is 0 Å². The highest BCUT2D eigenvalue weighted by atomic mass is 16.7. The van der Waals surface area contributed by atoms with E-state index in [1.54, 1.807) is 7.05 Å². The van der Waals surface area contributed by atoms with Crippen LogP contribution < -0.4 is 33.6 Å². The molecule has 39 heavy (non-hydrogen) atoms. The standard InChI is InChI=1S/C23H46N6O10/c1-23(35)8-36-22(16(33)19(23)28-2)39-18-12(29-20(34)14(31)13(30)7-25)5-11(27)17(15(18)32)38-21-10(26)4-3-9(6-24)37-21/h9-19,21-22,28,30-33,35H,3-8,24-27H2,1-2H3,(H,29,34)/t9-,10+,11-,12+,13+,14-,15-,16+,17+,18-,19+,21+,22+,23-/m0/s1. The smallest absolute Gasteiger partial charge is 0.251 e. The van der Waals surface area contributed by atoms with Gasteiger partial charge in [0.1, 0.15) is 36.1 Å². The summed E-state index contributed by atoms with van der Waals surface area (Å²) in [5.74, 6) is -0.963. The van der Waals surface area contributed by atoms with E-state index in [2.05, 4.69) is 10.6 Å². The topological polar surface area (TPSA) is 283 Å². The highest BCUT2D eigenvalue weighted by Crippen LogP contribution is 2.32. The summed E-state index contributed by atoms with van der Waals surface area (Å²) in [4.78, 5) is 12.7. The van der Waals surface area contributed by atoms with Crippen LogP contribution >= 0.6 is 0 Å². The number of carbonyl (C=O) groups excluding carboxylic acids is 1. The molecule has 0 radical (unpaired) electrons. The zero-order valence-electron chi connectivity index (χ0n) is 22.3. The molecule has 16 heteroatoms. The lowest BCUT2D eigenvalue weighted by Crippen LogP contribution is -2.69. The summed E-state index contributed by atoms with van der Waals surface area (Å²) in [6, 6.07) is -3.20. The van der Waals surface area contributed by atoms with Crippen LogP contribution in [0.5, 0.6) is 0 Å². The van der Waals surface area contributed by atoms with E-state index in [1.807, 2.05) is 0 Å². The molecule has 1 saturated carbocycles. The first-order valence-corrected chi connectivity index (χ1v) is 13.3. The number of hydrogen-bond donors (Lipinski definition) is 11. The van der Waals surface area contributed by atoms with Crippen molar-refractivity contribution in [1.82, 2.24) is 10.6 Å². The van der Waals surface area contributed by atoms with Gasteiger partial charge in [0, 0.05) is 19.1 Å². The van der Waals surface area contributed by atoms with E-state index in [0.717, 1.165) is 0 Å². The number of nitrogens with two attached hydrogens (primary N) is 4. The quantitative estimate of drug-likeness (QED) is 0.117. The Labute approximate surface area is 227 Å². The molecular weight excluding hydrogens is 520 g/mol. The lowest BCUT2D eigenvalue weighted by molar-refractivity contribution is -0.307. The molecule has 16 nitrogen and oxygen atoms in total. The molecule has 0 bridgehead atoms. The van der Waals surface area contributed by atoms with Gasteiger partial charge in [0.15, 0.2) is 18.7 Å². The maximum atomic E-state index is 12.7. The van der Waals surface area contributed by atoms with Crippen LogP contribution in [0, 0.1) is 0 Å². The van der Waals surface area contributed by atoms with E-state index in [0.29, 0.717) is 12.8 Å². The van der Waals surface area contributed by atoms with Gasteiger partial charge in [0.25, 0.3) is 5.91 Å². The number of likely N-dealkylation sites (N-methyl/N-ethyl adjacent to an activating group) is 1. The van der Waals surface area contributed by atoms with Crippen molar-refractivity contribution in [1.29, 1.82) is 0 Å². The largest absolute Gasteiger partial charge is 0.389 e. The number of rotatable bonds is 10. The second-order valence-electron chi connectivity index (χ2n) is 10.9. The number of aliphatic hydroxyl groups is 5. The van der Waals surface area contributed by atoms with Crippen LogP contribution in [0.3, 0.4) is 0 Å². The highest BCUT2D eigenvalue weighted by molar-refractivity contribution is 5.81. The Morgan fingerprint density at radius 3 is 2.36 bits per heavy atom. The number of amides is 1. The first-order valence-electron chi connectivity index (χ1n) is 13.3. The maximum Gasteiger partial charge on any atom is 0.251 e. The third kappa shape index (κ3) is 7.41. The van der Waals surface area contributed by atoms with Crippen LogP contribution in [0.2, 0.25) is 0 Å². The Balaban J connectivity index is 1.83. The molecule has 2 heterocycles. The Morgan fingerprint density at radius 2 is 1.74 bits per heavy atom. The molecule has 3 rings (SSSR count). The molecule has 0 aromatic carbocycles. The molecule has 0 aromatic heterocycles. The molecule has 14 atom stereocenters. The zero-order chi connectivity index (χ0) is 29.1. The summed E-state index contributed by atoms with van der Waals surface area (Å²) < 4.78 is 23.5. The second kappa shape index (κ2) is 13.7. The number of carbonyl (C=O) groups is 1. The van der Waals surface area contributed by atoms with Crippen molar-refractivity contribution in [2.45, 2.75) is 111 Å². The van der Waals surface area contributed by atoms with Crippen LogP contribution in [0.25, 0.3) is 0 Å². The fourth-order valence-electron chi connectivity index (χ4n) is 5.36. The van der Waals surface area contributed by atoms with E-state index in [4.69, 9.17) is 41.9 Å². The van der Waals surface area contributed by atoms with Crippen LogP contribution in [-0.2, 0) is 23.7 Å². The first kappa shape index (κ1) is 32.4. The fraction of sp³-hybridized carbons (Fsp3) is 0.957. The Hall–Kier alpha value is -1.09. The molecule has 1 amide bonds. The molecule has 2 aliphatic heterocycles. The van der Waals surface area contributed by atoms with Crippen molar-refractivity contribution in [3.05, 3.63) is 0 Å². The zero-order valence-corrected chi connectivity index (χ0v) is 22.3. The van der Waals surface area contributed by atoms with Gasteiger partial charge in [0.2, 0.25) is 0 Å². The average Bonchev–Trinajstić information content (AvgIpc) is 2.89. The van der Waals surface area contributed by atoms with E-state index >= 15 is 0 Å². The Morgan fingerprint density at radius 1 is 1.08 bits per heavy atom. The molecule has 228 valence electrons. The summed E-state index contributed by atoms with van der Waals surface area (Å²) in [5, 5.41) is 58.2. The van der Waals surface area contributed by atoms with Crippen molar-refractivity contribution in [2.24, 2.45) is 22.9 Å². The van der Waals surface area contributed by atoms with Gasteiger partial charge in [-0.3, -0.25) is 4.79 Å². The monoisotopic (exact) mass is 566 g/mol. The lowest BCUT2D eigenvalue weighted by atomic mass is 9.83. The lowest BCUT2D eigenvalue weighted by Gasteiger charge is -2.49. The number of ether oxygens (including phenoxy) is 4. The predicted octanol–water partition coefficient (Wildman–Crippen LogP) is -6.14. The first-order chi connectivity index (χ1) is 18.3. The third-order valence-corrected chi connectivity index (χ3v) is 7.70. The van der Waals surface area contributed by atoms with Crippen molar-refractivity contribution in [3.8, 4) is 0 Å². The van der Waals surface area contributed by atoms with Gasteiger partial charge in [-0.05, 0) is 33.2 Å². The van der Waals surface area contributed by atoms with Crippen LogP contribution in [-0.4, -0.2) is 143 Å². The third-order valence-electron chi connectivity index (χ3n) is 7.70. The molecule has 3 fully saturated rings. The number of hydrogen-bond acceptors (Lipinski definition) is 15. The molecule has 0 spiro atoms. The van der Waals surface area contributed by atoms with E-state index in [9.17, 15) is 30.3 Å². The SMILES string of the molecule is CN[C@@H]1[C@@H](O)[C@@H](O[C@@H]2[C@@H](O)[C@H](O[C@H]3O[C@H](CN)CC[C@H]3N)[C@@H](N)C[C@H]2NC(=O)[C@@H](O)[C@H](O)CN)OC[C@]1(C)O. The van der Waals surface area contributed by atoms with Crippen LogP contribution in [0.1, 0.15) is 26.2 Å². The molecule has 0 unspecified atom stereocenters. The normalized spacial score (nSPS) is 44.9. The minimum atomic E-state index is -1.85. The summed E-state index contributed by atoms with van der Waals surface area (Å²) in [5.41, 5.74) is 22.2. The predicted molar refractivity (Wildman–Crippen MR) is 135 cm³/mol. The van der Waals surface area contributed by atoms with Gasteiger partial charge >= 0.3 is 0 Å². The number of nitrogens with one attached hydrogen (secondary N) is 2. The molecule has 0 aromatic rings. The summed E-state index contributed by atoms with van der Waals surface area (Å²) in [7, 11) is 1.55. The minimum Gasteiger partial charge on any atom is -0.389 e. The second-order valence-corrected chi connectivity index (χ2v) is 10.9. The fourth-order valence-corrected chi connectivity index (χ4v) is 5.36. The molecule has 15 N–H and O–H groups in total. The molecule has 1 aliphatic carbocycles.